The Balaban J connectivity index is 1.90. The monoisotopic (exact) mass is 422 g/mol. The highest BCUT2D eigenvalue weighted by Crippen LogP contribution is 2.21. The quantitative estimate of drug-likeness (QED) is 0.654. The molecule has 0 spiro atoms. The lowest BCUT2D eigenvalue weighted by Gasteiger charge is -2.22. The number of halogens is 1. The fraction of sp³-hybridized carbons (Fsp3) is 0.381. The van der Waals surface area contributed by atoms with E-state index in [1.165, 1.54) is 9.87 Å². The Labute approximate surface area is 172 Å². The van der Waals surface area contributed by atoms with Crippen molar-refractivity contribution >= 4 is 33.2 Å². The first kappa shape index (κ1) is 22.2. The first-order valence-electron chi connectivity index (χ1n) is 9.32. The van der Waals surface area contributed by atoms with Crippen molar-refractivity contribution in [3.05, 3.63) is 64.7 Å². The highest BCUT2D eigenvalue weighted by Gasteiger charge is 2.18. The molecule has 1 amide bonds. The van der Waals surface area contributed by atoms with E-state index in [4.69, 9.17) is 11.6 Å². The van der Waals surface area contributed by atoms with Crippen molar-refractivity contribution in [2.75, 3.05) is 17.1 Å². The van der Waals surface area contributed by atoms with E-state index in [-0.39, 0.29) is 24.9 Å². The van der Waals surface area contributed by atoms with Gasteiger partial charge in [0.1, 0.15) is 0 Å². The molecular formula is C21H27ClN2O3S. The molecule has 0 saturated heterocycles. The van der Waals surface area contributed by atoms with E-state index in [2.05, 4.69) is 24.4 Å². The highest BCUT2D eigenvalue weighted by molar-refractivity contribution is 7.92. The number of carbonyl (C=O) groups excluding carboxylic acids is 1. The molecule has 0 aromatic heterocycles. The number of carbonyl (C=O) groups is 1. The number of aryl methyl sites for hydroxylation is 1. The maximum absolute atomic E-state index is 12.3. The molecule has 28 heavy (non-hydrogen) atoms. The molecule has 0 heterocycles. The van der Waals surface area contributed by atoms with E-state index < -0.39 is 10.0 Å². The number of sulfonamides is 1. The fourth-order valence-corrected chi connectivity index (χ4v) is 4.01. The number of nitrogens with zero attached hydrogens (tertiary/aromatic N) is 1. The van der Waals surface area contributed by atoms with Crippen molar-refractivity contribution in [1.29, 1.82) is 0 Å². The molecule has 0 aliphatic carbocycles. The molecule has 2 aromatic rings. The lowest BCUT2D eigenvalue weighted by molar-refractivity contribution is -0.121. The minimum absolute atomic E-state index is 0.0966. The number of benzene rings is 2. The molecule has 1 N–H and O–H groups in total. The van der Waals surface area contributed by atoms with Gasteiger partial charge in [0.05, 0.1) is 18.0 Å². The van der Waals surface area contributed by atoms with Gasteiger partial charge in [0, 0.05) is 18.0 Å². The van der Waals surface area contributed by atoms with Gasteiger partial charge in [-0.15, -0.1) is 0 Å². The molecule has 0 bridgehead atoms. The third-order valence-electron chi connectivity index (χ3n) is 4.55. The number of rotatable bonds is 9. The molecule has 0 fully saturated rings. The van der Waals surface area contributed by atoms with Crippen molar-refractivity contribution in [3.8, 4) is 0 Å². The molecule has 2 aromatic carbocycles. The SMILES string of the molecule is CCc1ccc([C@@H](C)NC(=O)CCCN(c2ccc(Cl)cc2)S(C)(=O)=O)cc1. The summed E-state index contributed by atoms with van der Waals surface area (Å²) in [6.07, 6.45) is 2.80. The summed E-state index contributed by atoms with van der Waals surface area (Å²) in [6.45, 7) is 4.27. The smallest absolute Gasteiger partial charge is 0.232 e. The summed E-state index contributed by atoms with van der Waals surface area (Å²) in [6, 6.07) is 14.7. The predicted molar refractivity (Wildman–Crippen MR) is 115 cm³/mol. The van der Waals surface area contributed by atoms with Crippen molar-refractivity contribution in [3.63, 3.8) is 0 Å². The van der Waals surface area contributed by atoms with Crippen LogP contribution in [-0.2, 0) is 21.2 Å². The Morgan fingerprint density at radius 1 is 1.11 bits per heavy atom. The molecule has 0 unspecified atom stereocenters. The van der Waals surface area contributed by atoms with Gasteiger partial charge in [0.2, 0.25) is 15.9 Å². The maximum atomic E-state index is 12.3. The second-order valence-electron chi connectivity index (χ2n) is 6.80. The van der Waals surface area contributed by atoms with Crippen LogP contribution in [0.2, 0.25) is 5.02 Å². The molecule has 152 valence electrons. The second kappa shape index (κ2) is 9.94. The zero-order valence-electron chi connectivity index (χ0n) is 16.5. The average molecular weight is 423 g/mol. The molecular weight excluding hydrogens is 396 g/mol. The Morgan fingerprint density at radius 2 is 1.71 bits per heavy atom. The molecule has 0 aliphatic heterocycles. The van der Waals surface area contributed by atoms with Crippen molar-refractivity contribution in [2.45, 2.75) is 39.2 Å². The van der Waals surface area contributed by atoms with E-state index in [1.54, 1.807) is 24.3 Å². The molecule has 0 saturated carbocycles. The number of amides is 1. The summed E-state index contributed by atoms with van der Waals surface area (Å²) < 4.78 is 25.5. The van der Waals surface area contributed by atoms with Crippen LogP contribution in [0.1, 0.15) is 43.9 Å². The third-order valence-corrected chi connectivity index (χ3v) is 5.99. The predicted octanol–water partition coefficient (Wildman–Crippen LogP) is 4.33. The van der Waals surface area contributed by atoms with E-state index in [1.807, 2.05) is 19.1 Å². The number of hydrogen-bond acceptors (Lipinski definition) is 3. The van der Waals surface area contributed by atoms with Crippen LogP contribution in [0, 0.1) is 0 Å². The van der Waals surface area contributed by atoms with Gasteiger partial charge in [-0.3, -0.25) is 9.10 Å². The second-order valence-corrected chi connectivity index (χ2v) is 9.14. The third kappa shape index (κ3) is 6.53. The zero-order chi connectivity index (χ0) is 20.7. The van der Waals surface area contributed by atoms with E-state index >= 15 is 0 Å². The fourth-order valence-electron chi connectivity index (χ4n) is 2.92. The van der Waals surface area contributed by atoms with Gasteiger partial charge in [-0.1, -0.05) is 42.8 Å². The van der Waals surface area contributed by atoms with Crippen molar-refractivity contribution < 1.29 is 13.2 Å². The van der Waals surface area contributed by atoms with Gasteiger partial charge in [-0.2, -0.15) is 0 Å². The van der Waals surface area contributed by atoms with Crippen molar-refractivity contribution in [2.24, 2.45) is 0 Å². The standard InChI is InChI=1S/C21H27ClN2O3S/c1-4-17-7-9-18(10-8-17)16(2)23-21(25)6-5-15-24(28(3,26)27)20-13-11-19(22)12-14-20/h7-14,16H,4-6,15H2,1-3H3,(H,23,25)/t16-/m1/s1. The Hall–Kier alpha value is -2.05. The summed E-state index contributed by atoms with van der Waals surface area (Å²) in [5, 5.41) is 3.51. The van der Waals surface area contributed by atoms with Gasteiger partial charge in [-0.25, -0.2) is 8.42 Å². The number of hydrogen-bond donors (Lipinski definition) is 1. The van der Waals surface area contributed by atoms with E-state index in [0.717, 1.165) is 18.2 Å². The van der Waals surface area contributed by atoms with E-state index in [0.29, 0.717) is 17.1 Å². The largest absolute Gasteiger partial charge is 0.350 e. The Kier molecular flexibility index (Phi) is 7.89. The first-order chi connectivity index (χ1) is 13.2. The topological polar surface area (TPSA) is 66.5 Å². The van der Waals surface area contributed by atoms with Crippen LogP contribution in [0.5, 0.6) is 0 Å². The van der Waals surface area contributed by atoms with Crippen LogP contribution in [0.25, 0.3) is 0 Å². The van der Waals surface area contributed by atoms with Gasteiger partial charge in [0.25, 0.3) is 0 Å². The Bertz CT molecular complexity index is 881. The van der Waals surface area contributed by atoms with Crippen LogP contribution < -0.4 is 9.62 Å². The minimum Gasteiger partial charge on any atom is -0.350 e. The normalized spacial score (nSPS) is 12.4. The van der Waals surface area contributed by atoms with Crippen LogP contribution in [0.15, 0.2) is 48.5 Å². The first-order valence-corrected chi connectivity index (χ1v) is 11.5. The molecule has 2 rings (SSSR count). The zero-order valence-corrected chi connectivity index (χ0v) is 18.1. The molecule has 0 aliphatic rings. The summed E-state index contributed by atoms with van der Waals surface area (Å²) in [5.41, 5.74) is 2.84. The number of anilines is 1. The lowest BCUT2D eigenvalue weighted by atomic mass is 10.0. The Morgan fingerprint density at radius 3 is 2.25 bits per heavy atom. The van der Waals surface area contributed by atoms with Crippen molar-refractivity contribution in [1.82, 2.24) is 5.32 Å². The summed E-state index contributed by atoms with van der Waals surface area (Å²) >= 11 is 5.87. The highest BCUT2D eigenvalue weighted by atomic mass is 35.5. The van der Waals surface area contributed by atoms with Crippen LogP contribution in [-0.4, -0.2) is 27.1 Å². The summed E-state index contributed by atoms with van der Waals surface area (Å²) in [7, 11) is -3.44. The maximum Gasteiger partial charge on any atom is 0.232 e. The molecule has 1 atom stereocenters. The molecule has 7 heteroatoms. The minimum atomic E-state index is -3.44. The van der Waals surface area contributed by atoms with Crippen LogP contribution in [0.3, 0.4) is 0 Å². The van der Waals surface area contributed by atoms with Gasteiger partial charge in [-0.05, 0) is 55.2 Å². The van der Waals surface area contributed by atoms with Crippen LogP contribution >= 0.6 is 11.6 Å². The lowest BCUT2D eigenvalue weighted by Crippen LogP contribution is -2.32. The molecule has 0 radical (unpaired) electrons. The van der Waals surface area contributed by atoms with Gasteiger partial charge >= 0.3 is 0 Å². The van der Waals surface area contributed by atoms with Gasteiger partial charge < -0.3 is 5.32 Å². The number of nitrogens with one attached hydrogen (secondary N) is 1. The average Bonchev–Trinajstić information content (AvgIpc) is 2.65. The van der Waals surface area contributed by atoms with Gasteiger partial charge in [0.15, 0.2) is 0 Å². The summed E-state index contributed by atoms with van der Waals surface area (Å²) in [4.78, 5) is 12.3. The van der Waals surface area contributed by atoms with E-state index in [9.17, 15) is 13.2 Å². The summed E-state index contributed by atoms with van der Waals surface area (Å²) in [5.74, 6) is -0.100. The molecule has 5 nitrogen and oxygen atoms in total. The van der Waals surface area contributed by atoms with Crippen LogP contribution in [0.4, 0.5) is 5.69 Å².